The Kier molecular flexibility index (Phi) is 5.20. The second kappa shape index (κ2) is 7.25. The molecule has 3 rings (SSSR count). The molecule has 1 fully saturated rings. The maximum absolute atomic E-state index is 12.8. The lowest BCUT2D eigenvalue weighted by molar-refractivity contribution is 0.102. The van der Waals surface area contributed by atoms with Crippen molar-refractivity contribution in [2.75, 3.05) is 18.4 Å². The first kappa shape index (κ1) is 18.7. The Morgan fingerprint density at radius 2 is 1.92 bits per heavy atom. The zero-order valence-corrected chi connectivity index (χ0v) is 16.1. The molecular formula is C19H24N2O4S. The molecule has 0 spiro atoms. The van der Waals surface area contributed by atoms with Gasteiger partial charge >= 0.3 is 0 Å². The van der Waals surface area contributed by atoms with Crippen molar-refractivity contribution in [3.63, 3.8) is 0 Å². The Bertz CT molecular complexity index is 900. The SMILES string of the molecule is Cc1cc(C(=O)Nc2ccc(S(=O)(=O)N3CCCC(C)C3)cc2)c(C)o1. The molecule has 1 N–H and O–H groups in total. The summed E-state index contributed by atoms with van der Waals surface area (Å²) in [5, 5.41) is 2.77. The van der Waals surface area contributed by atoms with Crippen molar-refractivity contribution in [3.8, 4) is 0 Å². The van der Waals surface area contributed by atoms with Crippen molar-refractivity contribution in [2.45, 2.75) is 38.5 Å². The van der Waals surface area contributed by atoms with Gasteiger partial charge in [0.2, 0.25) is 10.0 Å². The lowest BCUT2D eigenvalue weighted by Gasteiger charge is -2.30. The van der Waals surface area contributed by atoms with Gasteiger partial charge in [-0.2, -0.15) is 4.31 Å². The average Bonchev–Trinajstić information content (AvgIpc) is 2.94. The first-order chi connectivity index (χ1) is 12.3. The highest BCUT2D eigenvalue weighted by molar-refractivity contribution is 7.89. The first-order valence-corrected chi connectivity index (χ1v) is 10.2. The van der Waals surface area contributed by atoms with Gasteiger partial charge in [0.15, 0.2) is 0 Å². The van der Waals surface area contributed by atoms with E-state index >= 15 is 0 Å². The first-order valence-electron chi connectivity index (χ1n) is 8.76. The fourth-order valence-corrected chi connectivity index (χ4v) is 4.88. The number of nitrogens with zero attached hydrogens (tertiary/aromatic N) is 1. The average molecular weight is 376 g/mol. The van der Waals surface area contributed by atoms with Crippen LogP contribution in [0.2, 0.25) is 0 Å². The quantitative estimate of drug-likeness (QED) is 0.885. The van der Waals surface area contributed by atoms with E-state index in [9.17, 15) is 13.2 Å². The molecule has 26 heavy (non-hydrogen) atoms. The van der Waals surface area contributed by atoms with E-state index in [2.05, 4.69) is 12.2 Å². The minimum atomic E-state index is -3.49. The van der Waals surface area contributed by atoms with Crippen LogP contribution in [0.4, 0.5) is 5.69 Å². The van der Waals surface area contributed by atoms with Gasteiger partial charge < -0.3 is 9.73 Å². The van der Waals surface area contributed by atoms with E-state index in [4.69, 9.17) is 4.42 Å². The smallest absolute Gasteiger partial charge is 0.259 e. The summed E-state index contributed by atoms with van der Waals surface area (Å²) in [6.45, 7) is 6.70. The van der Waals surface area contributed by atoms with Crippen LogP contribution in [0.1, 0.15) is 41.6 Å². The minimum absolute atomic E-state index is 0.250. The summed E-state index contributed by atoms with van der Waals surface area (Å²) in [5.74, 6) is 1.32. The predicted octanol–water partition coefficient (Wildman–Crippen LogP) is 3.57. The monoisotopic (exact) mass is 376 g/mol. The van der Waals surface area contributed by atoms with Crippen LogP contribution in [-0.2, 0) is 10.0 Å². The molecule has 0 saturated carbocycles. The van der Waals surface area contributed by atoms with Gasteiger partial charge in [-0.3, -0.25) is 4.79 Å². The van der Waals surface area contributed by atoms with Gasteiger partial charge in [-0.05, 0) is 62.9 Å². The Labute approximate surface area is 154 Å². The van der Waals surface area contributed by atoms with Crippen LogP contribution >= 0.6 is 0 Å². The summed E-state index contributed by atoms with van der Waals surface area (Å²) < 4.78 is 32.4. The molecule has 1 saturated heterocycles. The fraction of sp³-hybridized carbons (Fsp3) is 0.421. The van der Waals surface area contributed by atoms with Crippen molar-refractivity contribution < 1.29 is 17.6 Å². The molecule has 2 heterocycles. The molecule has 6 nitrogen and oxygen atoms in total. The third-order valence-corrected chi connectivity index (χ3v) is 6.53. The number of rotatable bonds is 4. The summed E-state index contributed by atoms with van der Waals surface area (Å²) in [4.78, 5) is 12.6. The number of amides is 1. The number of carbonyl (C=O) groups is 1. The summed E-state index contributed by atoms with van der Waals surface area (Å²) in [7, 11) is -3.49. The highest BCUT2D eigenvalue weighted by Crippen LogP contribution is 2.24. The molecule has 0 aliphatic carbocycles. The number of hydrogen-bond donors (Lipinski definition) is 1. The van der Waals surface area contributed by atoms with Gasteiger partial charge in [-0.15, -0.1) is 0 Å². The van der Waals surface area contributed by atoms with Gasteiger partial charge in [0, 0.05) is 18.8 Å². The third-order valence-electron chi connectivity index (χ3n) is 4.66. The molecule has 1 aromatic heterocycles. The van der Waals surface area contributed by atoms with E-state index in [-0.39, 0.29) is 10.8 Å². The highest BCUT2D eigenvalue weighted by atomic mass is 32.2. The van der Waals surface area contributed by atoms with Crippen LogP contribution in [0.15, 0.2) is 39.6 Å². The van der Waals surface area contributed by atoms with Crippen molar-refractivity contribution in [3.05, 3.63) is 47.4 Å². The number of hydrogen-bond acceptors (Lipinski definition) is 4. The van der Waals surface area contributed by atoms with Gasteiger partial charge in [0.05, 0.1) is 10.5 Å². The van der Waals surface area contributed by atoms with Crippen LogP contribution in [0.5, 0.6) is 0 Å². The van der Waals surface area contributed by atoms with E-state index in [0.29, 0.717) is 41.8 Å². The summed E-state index contributed by atoms with van der Waals surface area (Å²) in [6, 6.07) is 7.98. The second-order valence-corrected chi connectivity index (χ2v) is 8.85. The predicted molar refractivity (Wildman–Crippen MR) is 99.7 cm³/mol. The number of sulfonamides is 1. The molecule has 0 bridgehead atoms. The summed E-state index contributed by atoms with van der Waals surface area (Å²) in [6.07, 6.45) is 1.95. The number of benzene rings is 1. The van der Waals surface area contributed by atoms with Crippen LogP contribution in [-0.4, -0.2) is 31.7 Å². The standard InChI is InChI=1S/C19H24N2O4S/c1-13-5-4-10-21(12-13)26(23,24)17-8-6-16(7-9-17)20-19(22)18-11-14(2)25-15(18)3/h6-9,11,13H,4-5,10,12H2,1-3H3,(H,20,22). The number of aryl methyl sites for hydroxylation is 2. The van der Waals surface area contributed by atoms with Crippen LogP contribution < -0.4 is 5.32 Å². The maximum atomic E-state index is 12.8. The fourth-order valence-electron chi connectivity index (χ4n) is 3.28. The van der Waals surface area contributed by atoms with Gasteiger partial charge in [-0.1, -0.05) is 6.92 Å². The molecule has 1 aliphatic rings. The van der Waals surface area contributed by atoms with Gasteiger partial charge in [0.25, 0.3) is 5.91 Å². The van der Waals surface area contributed by atoms with E-state index < -0.39 is 10.0 Å². The summed E-state index contributed by atoms with van der Waals surface area (Å²) in [5.41, 5.74) is 1.01. The van der Waals surface area contributed by atoms with Crippen molar-refractivity contribution in [2.24, 2.45) is 5.92 Å². The normalized spacial score (nSPS) is 18.7. The molecule has 2 aromatic rings. The Morgan fingerprint density at radius 3 is 2.50 bits per heavy atom. The Morgan fingerprint density at radius 1 is 1.23 bits per heavy atom. The number of furan rings is 1. The van der Waals surface area contributed by atoms with Crippen LogP contribution in [0, 0.1) is 19.8 Å². The molecule has 1 aromatic carbocycles. The lowest BCUT2D eigenvalue weighted by atomic mass is 10.0. The summed E-state index contributed by atoms with van der Waals surface area (Å²) >= 11 is 0. The largest absolute Gasteiger partial charge is 0.466 e. The lowest BCUT2D eigenvalue weighted by Crippen LogP contribution is -2.39. The maximum Gasteiger partial charge on any atom is 0.259 e. The highest BCUT2D eigenvalue weighted by Gasteiger charge is 2.28. The van der Waals surface area contributed by atoms with Crippen molar-refractivity contribution >= 4 is 21.6 Å². The number of anilines is 1. The molecule has 1 amide bonds. The molecule has 1 unspecified atom stereocenters. The van der Waals surface area contributed by atoms with E-state index in [1.807, 2.05) is 0 Å². The number of piperidine rings is 1. The van der Waals surface area contributed by atoms with Crippen molar-refractivity contribution in [1.82, 2.24) is 4.31 Å². The van der Waals surface area contributed by atoms with Crippen molar-refractivity contribution in [1.29, 1.82) is 0 Å². The van der Waals surface area contributed by atoms with E-state index in [1.165, 1.54) is 12.1 Å². The van der Waals surface area contributed by atoms with Gasteiger partial charge in [0.1, 0.15) is 11.5 Å². The number of carbonyl (C=O) groups excluding carboxylic acids is 1. The zero-order chi connectivity index (χ0) is 18.9. The van der Waals surface area contributed by atoms with Gasteiger partial charge in [-0.25, -0.2) is 8.42 Å². The van der Waals surface area contributed by atoms with E-state index in [1.54, 1.807) is 36.4 Å². The Hall–Kier alpha value is -2.12. The van der Waals surface area contributed by atoms with Crippen LogP contribution in [0.3, 0.4) is 0 Å². The second-order valence-electron chi connectivity index (χ2n) is 6.92. The molecule has 140 valence electrons. The minimum Gasteiger partial charge on any atom is -0.466 e. The Balaban J connectivity index is 1.74. The molecular weight excluding hydrogens is 352 g/mol. The van der Waals surface area contributed by atoms with Crippen LogP contribution in [0.25, 0.3) is 0 Å². The molecule has 1 aliphatic heterocycles. The zero-order valence-electron chi connectivity index (χ0n) is 15.3. The molecule has 1 atom stereocenters. The molecule has 7 heteroatoms. The number of nitrogens with one attached hydrogen (secondary N) is 1. The van der Waals surface area contributed by atoms with E-state index in [0.717, 1.165) is 12.8 Å². The third kappa shape index (κ3) is 3.83. The topological polar surface area (TPSA) is 79.6 Å². The molecule has 0 radical (unpaired) electrons.